The molecular weight excluding hydrogens is 222 g/mol. The lowest BCUT2D eigenvalue weighted by atomic mass is 10.1. The third-order valence-corrected chi connectivity index (χ3v) is 3.38. The van der Waals surface area contributed by atoms with Crippen molar-refractivity contribution in [1.82, 2.24) is 0 Å². The molecular formula is C16H17NO. The summed E-state index contributed by atoms with van der Waals surface area (Å²) in [6, 6.07) is 17.0. The van der Waals surface area contributed by atoms with E-state index in [1.165, 1.54) is 11.3 Å². The van der Waals surface area contributed by atoms with Crippen molar-refractivity contribution in [3.63, 3.8) is 0 Å². The molecule has 2 aromatic carbocycles. The topological polar surface area (TPSA) is 12.5 Å². The lowest BCUT2D eigenvalue weighted by Crippen LogP contribution is -2.28. The smallest absolute Gasteiger partial charge is 0.143 e. The Morgan fingerprint density at radius 2 is 1.83 bits per heavy atom. The van der Waals surface area contributed by atoms with Gasteiger partial charge in [-0.2, -0.15) is 0 Å². The molecule has 0 atom stereocenters. The van der Waals surface area contributed by atoms with Gasteiger partial charge in [-0.1, -0.05) is 31.2 Å². The normalized spacial score (nSPS) is 13.9. The average Bonchev–Trinajstić information content (AvgIpc) is 2.47. The first kappa shape index (κ1) is 11.1. The Morgan fingerprint density at radius 3 is 2.61 bits per heavy atom. The first-order valence-corrected chi connectivity index (χ1v) is 6.47. The summed E-state index contributed by atoms with van der Waals surface area (Å²) in [5.41, 5.74) is 3.77. The van der Waals surface area contributed by atoms with Gasteiger partial charge in [0.2, 0.25) is 0 Å². The van der Waals surface area contributed by atoms with Gasteiger partial charge in [-0.25, -0.2) is 0 Å². The molecule has 92 valence electrons. The Kier molecular flexibility index (Phi) is 2.93. The third kappa shape index (κ3) is 1.94. The number of ether oxygens (including phenoxy) is 1. The number of anilines is 2. The number of nitrogens with zero attached hydrogens (tertiary/aromatic N) is 1. The lowest BCUT2D eigenvalue weighted by Gasteiger charge is -2.31. The van der Waals surface area contributed by atoms with Gasteiger partial charge in [-0.05, 0) is 36.2 Å². The minimum atomic E-state index is 0.743. The molecule has 2 heteroatoms. The molecule has 18 heavy (non-hydrogen) atoms. The lowest BCUT2D eigenvalue weighted by molar-refractivity contribution is 0.314. The van der Waals surface area contributed by atoms with Gasteiger partial charge in [-0.15, -0.1) is 0 Å². The van der Waals surface area contributed by atoms with Crippen molar-refractivity contribution >= 4 is 11.4 Å². The molecule has 0 bridgehead atoms. The van der Waals surface area contributed by atoms with Crippen molar-refractivity contribution in [2.75, 3.05) is 18.1 Å². The Bertz CT molecular complexity index is 533. The summed E-state index contributed by atoms with van der Waals surface area (Å²) < 4.78 is 5.68. The Hall–Kier alpha value is -1.96. The van der Waals surface area contributed by atoms with Crippen LogP contribution in [-0.4, -0.2) is 13.2 Å². The SMILES string of the molecule is CCc1ccc(N2CCOc3ccccc32)cc1. The van der Waals surface area contributed by atoms with Crippen LogP contribution in [0.25, 0.3) is 0 Å². The van der Waals surface area contributed by atoms with Crippen LogP contribution in [0, 0.1) is 0 Å². The first-order valence-electron chi connectivity index (χ1n) is 6.47. The molecule has 0 saturated heterocycles. The quantitative estimate of drug-likeness (QED) is 0.790. The van der Waals surface area contributed by atoms with Crippen LogP contribution in [0.4, 0.5) is 11.4 Å². The molecule has 0 aromatic heterocycles. The standard InChI is InChI=1S/C16H17NO/c1-2-13-7-9-14(10-8-13)17-11-12-18-16-6-4-3-5-15(16)17/h3-10H,2,11-12H2,1H3. The van der Waals surface area contributed by atoms with Crippen LogP contribution in [-0.2, 0) is 6.42 Å². The maximum absolute atomic E-state index is 5.68. The zero-order valence-corrected chi connectivity index (χ0v) is 10.6. The van der Waals surface area contributed by atoms with Crippen molar-refractivity contribution in [1.29, 1.82) is 0 Å². The highest BCUT2D eigenvalue weighted by molar-refractivity contribution is 5.70. The average molecular weight is 239 g/mol. The van der Waals surface area contributed by atoms with E-state index in [0.29, 0.717) is 0 Å². The molecule has 0 radical (unpaired) electrons. The highest BCUT2D eigenvalue weighted by Gasteiger charge is 2.18. The van der Waals surface area contributed by atoms with E-state index in [9.17, 15) is 0 Å². The maximum Gasteiger partial charge on any atom is 0.143 e. The fourth-order valence-electron chi connectivity index (χ4n) is 2.35. The molecule has 2 aromatic rings. The zero-order chi connectivity index (χ0) is 12.4. The number of fused-ring (bicyclic) bond motifs is 1. The van der Waals surface area contributed by atoms with E-state index in [1.807, 2.05) is 12.1 Å². The number of hydrogen-bond acceptors (Lipinski definition) is 2. The molecule has 1 aliphatic rings. The number of rotatable bonds is 2. The largest absolute Gasteiger partial charge is 0.490 e. The van der Waals surface area contributed by atoms with Gasteiger partial charge < -0.3 is 9.64 Å². The molecule has 0 N–H and O–H groups in total. The molecule has 0 spiro atoms. The molecule has 0 unspecified atom stereocenters. The Balaban J connectivity index is 1.97. The van der Waals surface area contributed by atoms with Gasteiger partial charge in [0.25, 0.3) is 0 Å². The Morgan fingerprint density at radius 1 is 1.06 bits per heavy atom. The van der Waals surface area contributed by atoms with E-state index in [0.717, 1.165) is 31.0 Å². The minimum absolute atomic E-state index is 0.743. The minimum Gasteiger partial charge on any atom is -0.490 e. The molecule has 3 rings (SSSR count). The molecule has 0 fully saturated rings. The summed E-state index contributed by atoms with van der Waals surface area (Å²) in [5, 5.41) is 0. The van der Waals surface area contributed by atoms with Gasteiger partial charge >= 0.3 is 0 Å². The second kappa shape index (κ2) is 4.73. The summed E-state index contributed by atoms with van der Waals surface area (Å²) in [6.45, 7) is 3.83. The van der Waals surface area contributed by atoms with Crippen LogP contribution >= 0.6 is 0 Å². The van der Waals surface area contributed by atoms with E-state index in [-0.39, 0.29) is 0 Å². The Labute approximate surface area is 108 Å². The zero-order valence-electron chi connectivity index (χ0n) is 10.6. The van der Waals surface area contributed by atoms with Crippen LogP contribution in [0.15, 0.2) is 48.5 Å². The van der Waals surface area contributed by atoms with Crippen molar-refractivity contribution < 1.29 is 4.74 Å². The summed E-state index contributed by atoms with van der Waals surface area (Å²) >= 11 is 0. The predicted octanol–water partition coefficient (Wildman–Crippen LogP) is 3.78. The van der Waals surface area contributed by atoms with Gasteiger partial charge in [0, 0.05) is 5.69 Å². The van der Waals surface area contributed by atoms with Gasteiger partial charge in [0.1, 0.15) is 12.4 Å². The molecule has 2 nitrogen and oxygen atoms in total. The summed E-state index contributed by atoms with van der Waals surface area (Å²) in [5.74, 6) is 0.975. The van der Waals surface area contributed by atoms with Crippen LogP contribution in [0.2, 0.25) is 0 Å². The molecule has 0 saturated carbocycles. The second-order valence-electron chi connectivity index (χ2n) is 4.49. The monoisotopic (exact) mass is 239 g/mol. The predicted molar refractivity (Wildman–Crippen MR) is 74.8 cm³/mol. The molecule has 1 heterocycles. The van der Waals surface area contributed by atoms with Crippen molar-refractivity contribution in [2.24, 2.45) is 0 Å². The summed E-state index contributed by atoms with van der Waals surface area (Å²) in [6.07, 6.45) is 1.08. The molecule has 0 aliphatic carbocycles. The van der Waals surface area contributed by atoms with Crippen LogP contribution in [0.5, 0.6) is 5.75 Å². The molecule has 1 aliphatic heterocycles. The summed E-state index contributed by atoms with van der Waals surface area (Å²) in [7, 11) is 0. The number of para-hydroxylation sites is 2. The van der Waals surface area contributed by atoms with E-state index in [2.05, 4.69) is 48.2 Å². The van der Waals surface area contributed by atoms with E-state index < -0.39 is 0 Å². The fourth-order valence-corrected chi connectivity index (χ4v) is 2.35. The van der Waals surface area contributed by atoms with E-state index in [4.69, 9.17) is 4.74 Å². The fraction of sp³-hybridized carbons (Fsp3) is 0.250. The van der Waals surface area contributed by atoms with Crippen LogP contribution in [0.3, 0.4) is 0 Å². The molecule has 0 amide bonds. The third-order valence-electron chi connectivity index (χ3n) is 3.38. The summed E-state index contributed by atoms with van der Waals surface area (Å²) in [4.78, 5) is 2.32. The highest BCUT2D eigenvalue weighted by atomic mass is 16.5. The van der Waals surface area contributed by atoms with E-state index >= 15 is 0 Å². The number of hydrogen-bond donors (Lipinski definition) is 0. The first-order chi connectivity index (χ1) is 8.88. The van der Waals surface area contributed by atoms with Gasteiger partial charge in [-0.3, -0.25) is 0 Å². The second-order valence-corrected chi connectivity index (χ2v) is 4.49. The maximum atomic E-state index is 5.68. The number of benzene rings is 2. The van der Waals surface area contributed by atoms with Crippen molar-refractivity contribution in [3.8, 4) is 5.75 Å². The van der Waals surface area contributed by atoms with Crippen LogP contribution < -0.4 is 9.64 Å². The van der Waals surface area contributed by atoms with E-state index in [1.54, 1.807) is 0 Å². The highest BCUT2D eigenvalue weighted by Crippen LogP contribution is 2.36. The van der Waals surface area contributed by atoms with Gasteiger partial charge in [0.05, 0.1) is 12.2 Å². The van der Waals surface area contributed by atoms with Gasteiger partial charge in [0.15, 0.2) is 0 Å². The van der Waals surface area contributed by atoms with Crippen molar-refractivity contribution in [2.45, 2.75) is 13.3 Å². The number of aryl methyl sites for hydroxylation is 1. The van der Waals surface area contributed by atoms with Crippen LogP contribution in [0.1, 0.15) is 12.5 Å². The van der Waals surface area contributed by atoms with Crippen molar-refractivity contribution in [3.05, 3.63) is 54.1 Å².